The lowest BCUT2D eigenvalue weighted by molar-refractivity contribution is 0.0963. The van der Waals surface area contributed by atoms with E-state index in [1.54, 1.807) is 14.1 Å². The molecule has 1 unspecified atom stereocenters. The number of carbonyl (C=O) groups excluding carboxylic acids is 1. The molecule has 2 rings (SSSR count). The molecule has 6 nitrogen and oxygen atoms in total. The standard InChI is InChI=1S/C21H28N4O2/c1-16(27-19-10-5-4-6-11-19)15-25-21(23-3)24-13-12-17-8-7-9-18(14-17)20(26)22-2/h4-11,14,16H,12-13,15H2,1-3H3,(H,22,26)(H2,23,24,25). The van der Waals surface area contributed by atoms with Crippen LogP contribution in [0.2, 0.25) is 0 Å². The number of rotatable bonds is 8. The number of guanidine groups is 1. The smallest absolute Gasteiger partial charge is 0.251 e. The lowest BCUT2D eigenvalue weighted by Crippen LogP contribution is -2.42. The molecular weight excluding hydrogens is 340 g/mol. The van der Waals surface area contributed by atoms with Crippen LogP contribution in [-0.4, -0.2) is 45.2 Å². The van der Waals surface area contributed by atoms with E-state index in [2.05, 4.69) is 20.9 Å². The van der Waals surface area contributed by atoms with Crippen LogP contribution in [0, 0.1) is 0 Å². The van der Waals surface area contributed by atoms with Crippen molar-refractivity contribution in [3.8, 4) is 5.75 Å². The third kappa shape index (κ3) is 7.01. The van der Waals surface area contributed by atoms with Gasteiger partial charge in [-0.15, -0.1) is 0 Å². The Morgan fingerprint density at radius 2 is 1.89 bits per heavy atom. The molecule has 144 valence electrons. The average Bonchev–Trinajstić information content (AvgIpc) is 2.70. The lowest BCUT2D eigenvalue weighted by atomic mass is 10.1. The summed E-state index contributed by atoms with van der Waals surface area (Å²) in [6.07, 6.45) is 0.803. The van der Waals surface area contributed by atoms with E-state index in [1.165, 1.54) is 0 Å². The van der Waals surface area contributed by atoms with Crippen molar-refractivity contribution in [2.45, 2.75) is 19.4 Å². The minimum absolute atomic E-state index is 0.00943. The lowest BCUT2D eigenvalue weighted by Gasteiger charge is -2.17. The molecule has 0 aliphatic heterocycles. The largest absolute Gasteiger partial charge is 0.489 e. The zero-order valence-electron chi connectivity index (χ0n) is 16.2. The van der Waals surface area contributed by atoms with Crippen LogP contribution in [0.4, 0.5) is 0 Å². The molecule has 27 heavy (non-hydrogen) atoms. The Kier molecular flexibility index (Phi) is 8.16. The molecule has 0 radical (unpaired) electrons. The second-order valence-electron chi connectivity index (χ2n) is 6.15. The fourth-order valence-electron chi connectivity index (χ4n) is 2.57. The van der Waals surface area contributed by atoms with Gasteiger partial charge in [0.25, 0.3) is 5.91 Å². The number of ether oxygens (including phenoxy) is 1. The van der Waals surface area contributed by atoms with Crippen molar-refractivity contribution in [3.63, 3.8) is 0 Å². The molecule has 3 N–H and O–H groups in total. The normalized spacial score (nSPS) is 12.2. The summed E-state index contributed by atoms with van der Waals surface area (Å²) >= 11 is 0. The molecular formula is C21H28N4O2. The van der Waals surface area contributed by atoms with Gasteiger partial charge in [0.2, 0.25) is 0 Å². The summed E-state index contributed by atoms with van der Waals surface area (Å²) in [5.74, 6) is 1.50. The highest BCUT2D eigenvalue weighted by atomic mass is 16.5. The molecule has 0 aliphatic carbocycles. The number of hydrogen-bond acceptors (Lipinski definition) is 3. The van der Waals surface area contributed by atoms with E-state index >= 15 is 0 Å². The Morgan fingerprint density at radius 1 is 1.11 bits per heavy atom. The van der Waals surface area contributed by atoms with Crippen molar-refractivity contribution >= 4 is 11.9 Å². The third-order valence-corrected chi connectivity index (χ3v) is 3.98. The van der Waals surface area contributed by atoms with Crippen LogP contribution in [0.25, 0.3) is 0 Å². The summed E-state index contributed by atoms with van der Waals surface area (Å²) in [5, 5.41) is 9.19. The summed E-state index contributed by atoms with van der Waals surface area (Å²) in [6.45, 7) is 3.36. The molecule has 1 amide bonds. The van der Waals surface area contributed by atoms with Crippen LogP contribution < -0.4 is 20.7 Å². The first-order valence-electron chi connectivity index (χ1n) is 9.09. The monoisotopic (exact) mass is 368 g/mol. The predicted molar refractivity (Wildman–Crippen MR) is 109 cm³/mol. The van der Waals surface area contributed by atoms with Crippen molar-refractivity contribution in [3.05, 3.63) is 65.7 Å². The summed E-state index contributed by atoms with van der Waals surface area (Å²) in [7, 11) is 3.37. The number of benzene rings is 2. The first-order chi connectivity index (χ1) is 13.1. The van der Waals surface area contributed by atoms with Gasteiger partial charge in [0.15, 0.2) is 5.96 Å². The van der Waals surface area contributed by atoms with Crippen LogP contribution in [0.15, 0.2) is 59.6 Å². The quantitative estimate of drug-likeness (QED) is 0.493. The molecule has 0 fully saturated rings. The van der Waals surface area contributed by atoms with Gasteiger partial charge in [0.05, 0.1) is 6.54 Å². The fourth-order valence-corrected chi connectivity index (χ4v) is 2.57. The van der Waals surface area contributed by atoms with E-state index < -0.39 is 0 Å². The summed E-state index contributed by atoms with van der Waals surface area (Å²) in [5.41, 5.74) is 1.77. The number of nitrogens with zero attached hydrogens (tertiary/aromatic N) is 1. The van der Waals surface area contributed by atoms with Gasteiger partial charge >= 0.3 is 0 Å². The Labute approximate surface area is 161 Å². The second kappa shape index (κ2) is 10.9. The van der Waals surface area contributed by atoms with Gasteiger partial charge in [0, 0.05) is 26.2 Å². The van der Waals surface area contributed by atoms with E-state index in [0.29, 0.717) is 18.7 Å². The zero-order valence-corrected chi connectivity index (χ0v) is 16.2. The van der Waals surface area contributed by atoms with Crippen LogP contribution >= 0.6 is 0 Å². The minimum atomic E-state index is -0.0744. The molecule has 0 aliphatic rings. The number of nitrogens with one attached hydrogen (secondary N) is 3. The Balaban J connectivity index is 1.75. The molecule has 2 aromatic carbocycles. The number of amides is 1. The molecule has 0 bridgehead atoms. The Bertz CT molecular complexity index is 747. The topological polar surface area (TPSA) is 74.8 Å². The number of carbonyl (C=O) groups is 1. The van der Waals surface area contributed by atoms with Crippen molar-refractivity contribution < 1.29 is 9.53 Å². The van der Waals surface area contributed by atoms with Gasteiger partial charge in [0.1, 0.15) is 11.9 Å². The molecule has 0 aromatic heterocycles. The maximum Gasteiger partial charge on any atom is 0.251 e. The molecule has 6 heteroatoms. The Morgan fingerprint density at radius 3 is 2.59 bits per heavy atom. The molecule has 0 saturated carbocycles. The SMILES string of the molecule is CN=C(NCCc1cccc(C(=O)NC)c1)NCC(C)Oc1ccccc1. The molecule has 0 saturated heterocycles. The van der Waals surface area contributed by atoms with Crippen molar-refractivity contribution in [2.75, 3.05) is 27.2 Å². The number of hydrogen-bond donors (Lipinski definition) is 3. The number of aliphatic imine (C=N–C) groups is 1. The van der Waals surface area contributed by atoms with E-state index in [9.17, 15) is 4.79 Å². The highest BCUT2D eigenvalue weighted by Gasteiger charge is 2.06. The van der Waals surface area contributed by atoms with Gasteiger partial charge in [-0.05, 0) is 43.2 Å². The van der Waals surface area contributed by atoms with Crippen molar-refractivity contribution in [1.82, 2.24) is 16.0 Å². The maximum absolute atomic E-state index is 11.7. The summed E-state index contributed by atoms with van der Waals surface area (Å²) < 4.78 is 5.85. The zero-order chi connectivity index (χ0) is 19.5. The van der Waals surface area contributed by atoms with E-state index in [1.807, 2.05) is 61.5 Å². The first kappa shape index (κ1) is 20.3. The third-order valence-electron chi connectivity index (χ3n) is 3.98. The van der Waals surface area contributed by atoms with E-state index in [-0.39, 0.29) is 12.0 Å². The predicted octanol–water partition coefficient (Wildman–Crippen LogP) is 2.22. The van der Waals surface area contributed by atoms with Gasteiger partial charge in [-0.25, -0.2) is 0 Å². The molecule has 1 atom stereocenters. The first-order valence-corrected chi connectivity index (χ1v) is 9.09. The maximum atomic E-state index is 11.7. The van der Waals surface area contributed by atoms with Gasteiger partial charge in [-0.3, -0.25) is 9.79 Å². The summed E-state index contributed by atoms with van der Waals surface area (Å²) in [4.78, 5) is 15.9. The van der Waals surface area contributed by atoms with Crippen molar-refractivity contribution in [2.24, 2.45) is 4.99 Å². The van der Waals surface area contributed by atoms with Gasteiger partial charge in [-0.2, -0.15) is 0 Å². The molecule has 0 spiro atoms. The minimum Gasteiger partial charge on any atom is -0.489 e. The molecule has 0 heterocycles. The van der Waals surface area contributed by atoms with E-state index in [0.717, 1.165) is 23.7 Å². The van der Waals surface area contributed by atoms with Gasteiger partial charge < -0.3 is 20.7 Å². The Hall–Kier alpha value is -3.02. The van der Waals surface area contributed by atoms with Crippen LogP contribution in [0.1, 0.15) is 22.8 Å². The fraction of sp³-hybridized carbons (Fsp3) is 0.333. The highest BCUT2D eigenvalue weighted by Crippen LogP contribution is 2.10. The van der Waals surface area contributed by atoms with Crippen molar-refractivity contribution in [1.29, 1.82) is 0 Å². The van der Waals surface area contributed by atoms with Crippen LogP contribution in [0.3, 0.4) is 0 Å². The summed E-state index contributed by atoms with van der Waals surface area (Å²) in [6, 6.07) is 17.4. The van der Waals surface area contributed by atoms with Crippen LogP contribution in [0.5, 0.6) is 5.75 Å². The molecule has 2 aromatic rings. The van der Waals surface area contributed by atoms with E-state index in [4.69, 9.17) is 4.74 Å². The number of para-hydroxylation sites is 1. The average molecular weight is 368 g/mol. The highest BCUT2D eigenvalue weighted by molar-refractivity contribution is 5.94. The van der Waals surface area contributed by atoms with Crippen LogP contribution in [-0.2, 0) is 6.42 Å². The second-order valence-corrected chi connectivity index (χ2v) is 6.15. The van der Waals surface area contributed by atoms with Gasteiger partial charge in [-0.1, -0.05) is 30.3 Å².